The van der Waals surface area contributed by atoms with E-state index in [2.05, 4.69) is 11.4 Å². The molecule has 1 aliphatic rings. The Balaban J connectivity index is 1.97. The van der Waals surface area contributed by atoms with Crippen molar-refractivity contribution in [2.75, 3.05) is 7.11 Å². The van der Waals surface area contributed by atoms with Crippen molar-refractivity contribution in [3.63, 3.8) is 0 Å². The largest absolute Gasteiger partial charge is 0.493 e. The molecule has 0 aliphatic heterocycles. The predicted octanol–water partition coefficient (Wildman–Crippen LogP) is 2.89. The number of ether oxygens (including phenoxy) is 2. The molecule has 2 rings (SSSR count). The number of hydrogen-bond donors (Lipinski definition) is 1. The molecule has 1 saturated carbocycles. The summed E-state index contributed by atoms with van der Waals surface area (Å²) in [5, 5.41) is 12.8. The van der Waals surface area contributed by atoms with Crippen LogP contribution in [0.4, 0.5) is 0 Å². The standard InChI is InChI=1S/C16H22N2O2/c1-12(10-16(2,11-17)18-13-8-9-13)20-15-7-5-4-6-14(15)19-3/h4-7,12-13,18H,8-10H2,1-3H3. The highest BCUT2D eigenvalue weighted by Crippen LogP contribution is 2.29. The minimum absolute atomic E-state index is 0.0674. The summed E-state index contributed by atoms with van der Waals surface area (Å²) >= 11 is 0. The van der Waals surface area contributed by atoms with Gasteiger partial charge in [-0.05, 0) is 38.8 Å². The van der Waals surface area contributed by atoms with Crippen molar-refractivity contribution in [2.24, 2.45) is 0 Å². The first-order valence-electron chi connectivity index (χ1n) is 7.05. The van der Waals surface area contributed by atoms with Crippen molar-refractivity contribution in [3.8, 4) is 17.6 Å². The Morgan fingerprint density at radius 3 is 2.60 bits per heavy atom. The van der Waals surface area contributed by atoms with Crippen LogP contribution in [0, 0.1) is 11.3 Å². The van der Waals surface area contributed by atoms with E-state index >= 15 is 0 Å². The van der Waals surface area contributed by atoms with Crippen LogP contribution in [0.1, 0.15) is 33.1 Å². The highest BCUT2D eigenvalue weighted by molar-refractivity contribution is 5.39. The first-order valence-corrected chi connectivity index (χ1v) is 7.05. The van der Waals surface area contributed by atoms with Crippen LogP contribution in [-0.4, -0.2) is 24.8 Å². The molecule has 20 heavy (non-hydrogen) atoms. The lowest BCUT2D eigenvalue weighted by Gasteiger charge is -2.27. The normalized spacial score (nSPS) is 18.7. The molecule has 1 N–H and O–H groups in total. The van der Waals surface area contributed by atoms with E-state index in [-0.39, 0.29) is 6.10 Å². The second kappa shape index (κ2) is 6.15. The summed E-state index contributed by atoms with van der Waals surface area (Å²) < 4.78 is 11.2. The van der Waals surface area contributed by atoms with Gasteiger partial charge in [0.2, 0.25) is 0 Å². The molecule has 0 bridgehead atoms. The molecule has 0 radical (unpaired) electrons. The fraction of sp³-hybridized carbons (Fsp3) is 0.562. The van der Waals surface area contributed by atoms with Crippen molar-refractivity contribution in [3.05, 3.63) is 24.3 Å². The van der Waals surface area contributed by atoms with Gasteiger partial charge in [0, 0.05) is 12.5 Å². The van der Waals surface area contributed by atoms with Crippen LogP contribution in [-0.2, 0) is 0 Å². The van der Waals surface area contributed by atoms with Crippen molar-refractivity contribution < 1.29 is 9.47 Å². The van der Waals surface area contributed by atoms with Gasteiger partial charge in [-0.2, -0.15) is 5.26 Å². The van der Waals surface area contributed by atoms with E-state index in [0.717, 1.165) is 0 Å². The number of nitrogens with one attached hydrogen (secondary N) is 1. The summed E-state index contributed by atoms with van der Waals surface area (Å²) in [6.07, 6.45) is 2.90. The average Bonchev–Trinajstić information content (AvgIpc) is 3.22. The summed E-state index contributed by atoms with van der Waals surface area (Å²) in [5.74, 6) is 1.43. The number of benzene rings is 1. The van der Waals surface area contributed by atoms with E-state index in [0.29, 0.717) is 24.0 Å². The monoisotopic (exact) mass is 274 g/mol. The highest BCUT2D eigenvalue weighted by Gasteiger charge is 2.34. The average molecular weight is 274 g/mol. The van der Waals surface area contributed by atoms with Crippen LogP contribution in [0.15, 0.2) is 24.3 Å². The summed E-state index contributed by atoms with van der Waals surface area (Å²) in [6, 6.07) is 10.4. The maximum absolute atomic E-state index is 9.38. The second-order valence-electron chi connectivity index (χ2n) is 5.65. The van der Waals surface area contributed by atoms with Crippen molar-refractivity contribution in [1.29, 1.82) is 5.26 Å². The van der Waals surface area contributed by atoms with Crippen molar-refractivity contribution in [1.82, 2.24) is 5.32 Å². The predicted molar refractivity (Wildman–Crippen MR) is 77.9 cm³/mol. The van der Waals surface area contributed by atoms with Gasteiger partial charge in [0.15, 0.2) is 11.5 Å². The molecule has 0 spiro atoms. The summed E-state index contributed by atoms with van der Waals surface area (Å²) in [6.45, 7) is 3.92. The number of methoxy groups -OCH3 is 1. The summed E-state index contributed by atoms with van der Waals surface area (Å²) in [4.78, 5) is 0. The molecule has 1 aliphatic carbocycles. The Morgan fingerprint density at radius 2 is 2.05 bits per heavy atom. The van der Waals surface area contributed by atoms with Gasteiger partial charge in [-0.1, -0.05) is 12.1 Å². The molecule has 1 aromatic rings. The lowest BCUT2D eigenvalue weighted by molar-refractivity contribution is 0.173. The molecule has 2 unspecified atom stereocenters. The summed E-state index contributed by atoms with van der Waals surface area (Å²) in [5.41, 5.74) is -0.539. The third-order valence-electron chi connectivity index (χ3n) is 3.44. The smallest absolute Gasteiger partial charge is 0.161 e. The van der Waals surface area contributed by atoms with Gasteiger partial charge in [-0.3, -0.25) is 5.32 Å². The first kappa shape index (κ1) is 14.7. The number of nitrogens with zero attached hydrogens (tertiary/aromatic N) is 1. The van der Waals surface area contributed by atoms with E-state index < -0.39 is 5.54 Å². The number of rotatable bonds is 7. The molecule has 108 valence electrons. The lowest BCUT2D eigenvalue weighted by atomic mass is 9.96. The lowest BCUT2D eigenvalue weighted by Crippen LogP contribution is -2.45. The Bertz CT molecular complexity index is 493. The van der Waals surface area contributed by atoms with E-state index in [9.17, 15) is 5.26 Å². The zero-order valence-corrected chi connectivity index (χ0v) is 12.3. The number of hydrogen-bond acceptors (Lipinski definition) is 4. The van der Waals surface area contributed by atoms with Crippen LogP contribution in [0.25, 0.3) is 0 Å². The van der Waals surface area contributed by atoms with E-state index in [4.69, 9.17) is 9.47 Å². The fourth-order valence-corrected chi connectivity index (χ4v) is 2.36. The van der Waals surface area contributed by atoms with Crippen LogP contribution in [0.5, 0.6) is 11.5 Å². The van der Waals surface area contributed by atoms with Gasteiger partial charge in [-0.15, -0.1) is 0 Å². The number of nitriles is 1. The molecule has 4 nitrogen and oxygen atoms in total. The molecule has 0 heterocycles. The molecule has 0 aromatic heterocycles. The van der Waals surface area contributed by atoms with Crippen molar-refractivity contribution in [2.45, 2.75) is 50.8 Å². The maximum atomic E-state index is 9.38. The van der Waals surface area contributed by atoms with E-state index in [1.807, 2.05) is 38.1 Å². The Kier molecular flexibility index (Phi) is 4.51. The van der Waals surface area contributed by atoms with Crippen LogP contribution < -0.4 is 14.8 Å². The molecule has 1 aromatic carbocycles. The van der Waals surface area contributed by atoms with Gasteiger partial charge in [0.05, 0.1) is 19.3 Å². The molecular weight excluding hydrogens is 252 g/mol. The van der Waals surface area contributed by atoms with Gasteiger partial charge in [0.25, 0.3) is 0 Å². The topological polar surface area (TPSA) is 54.3 Å². The van der Waals surface area contributed by atoms with Gasteiger partial charge in [0.1, 0.15) is 5.54 Å². The highest BCUT2D eigenvalue weighted by atomic mass is 16.5. The Labute approximate surface area is 120 Å². The fourth-order valence-electron chi connectivity index (χ4n) is 2.36. The third-order valence-corrected chi connectivity index (χ3v) is 3.44. The summed E-state index contributed by atoms with van der Waals surface area (Å²) in [7, 11) is 1.63. The second-order valence-corrected chi connectivity index (χ2v) is 5.65. The molecule has 2 atom stereocenters. The first-order chi connectivity index (χ1) is 9.56. The molecule has 0 amide bonds. The van der Waals surface area contributed by atoms with Crippen molar-refractivity contribution >= 4 is 0 Å². The molecule has 4 heteroatoms. The molecular formula is C16H22N2O2. The zero-order valence-electron chi connectivity index (χ0n) is 12.3. The quantitative estimate of drug-likeness (QED) is 0.830. The van der Waals surface area contributed by atoms with E-state index in [1.54, 1.807) is 7.11 Å². The minimum Gasteiger partial charge on any atom is -0.493 e. The van der Waals surface area contributed by atoms with E-state index in [1.165, 1.54) is 12.8 Å². The van der Waals surface area contributed by atoms with Crippen LogP contribution in [0.3, 0.4) is 0 Å². The van der Waals surface area contributed by atoms with Gasteiger partial charge < -0.3 is 9.47 Å². The number of para-hydroxylation sites is 2. The van der Waals surface area contributed by atoms with Gasteiger partial charge >= 0.3 is 0 Å². The third kappa shape index (κ3) is 3.88. The Morgan fingerprint density at radius 1 is 1.40 bits per heavy atom. The van der Waals surface area contributed by atoms with Crippen LogP contribution >= 0.6 is 0 Å². The SMILES string of the molecule is COc1ccccc1OC(C)CC(C)(C#N)NC1CC1. The Hall–Kier alpha value is -1.73. The molecule has 1 fully saturated rings. The maximum Gasteiger partial charge on any atom is 0.161 e. The van der Waals surface area contributed by atoms with Crippen LogP contribution in [0.2, 0.25) is 0 Å². The minimum atomic E-state index is -0.539. The van der Waals surface area contributed by atoms with Gasteiger partial charge in [-0.25, -0.2) is 0 Å². The molecule has 0 saturated heterocycles. The zero-order chi connectivity index (χ0) is 14.6.